The van der Waals surface area contributed by atoms with Crippen LogP contribution in [0.15, 0.2) is 55.1 Å². The molecule has 0 spiro atoms. The highest BCUT2D eigenvalue weighted by Gasteiger charge is 2.12. The Labute approximate surface area is 141 Å². The summed E-state index contributed by atoms with van der Waals surface area (Å²) in [4.78, 5) is 23.5. The highest BCUT2D eigenvalue weighted by atomic mass is 35.5. The number of aromatic carboxylic acids is 1. The van der Waals surface area contributed by atoms with Gasteiger partial charge in [0.1, 0.15) is 12.7 Å². The Balaban J connectivity index is 1.84. The van der Waals surface area contributed by atoms with Gasteiger partial charge in [-0.15, -0.1) is 10.2 Å². The summed E-state index contributed by atoms with van der Waals surface area (Å²) in [5.74, 6) is -1.53. The number of carboxylic acid groups (broad SMARTS) is 1. The van der Waals surface area contributed by atoms with Crippen LogP contribution in [-0.4, -0.2) is 31.7 Å². The molecule has 0 saturated heterocycles. The Bertz CT molecular complexity index is 909. The van der Waals surface area contributed by atoms with Gasteiger partial charge in [-0.25, -0.2) is 4.79 Å². The van der Waals surface area contributed by atoms with Crippen LogP contribution in [-0.2, 0) is 0 Å². The lowest BCUT2D eigenvalue weighted by Gasteiger charge is -2.08. The third-order valence-electron chi connectivity index (χ3n) is 3.28. The van der Waals surface area contributed by atoms with Gasteiger partial charge in [0, 0.05) is 16.9 Å². The number of rotatable bonds is 4. The molecular formula is C16H11ClN4O3. The summed E-state index contributed by atoms with van der Waals surface area (Å²) in [6.45, 7) is 0. The minimum atomic E-state index is -1.16. The van der Waals surface area contributed by atoms with Crippen LogP contribution >= 0.6 is 11.6 Å². The number of carbonyl (C=O) groups is 2. The van der Waals surface area contributed by atoms with E-state index < -0.39 is 5.97 Å². The summed E-state index contributed by atoms with van der Waals surface area (Å²) in [5.41, 5.74) is 1.41. The molecule has 8 heteroatoms. The number of anilines is 1. The van der Waals surface area contributed by atoms with Crippen molar-refractivity contribution in [3.8, 4) is 5.69 Å². The standard InChI is InChI=1S/C16H11ClN4O3/c17-14-5-4-11(7-13(14)16(23)24)20-15(22)10-2-1-3-12(6-10)21-8-18-19-9-21/h1-9H,(H,20,22)(H,23,24). The molecule has 0 radical (unpaired) electrons. The van der Waals surface area contributed by atoms with Crippen LogP contribution in [0.5, 0.6) is 0 Å². The molecule has 1 amide bonds. The number of amides is 1. The van der Waals surface area contributed by atoms with Crippen LogP contribution in [0.25, 0.3) is 5.69 Å². The van der Waals surface area contributed by atoms with Gasteiger partial charge in [0.15, 0.2) is 0 Å². The van der Waals surface area contributed by atoms with Crippen molar-refractivity contribution in [3.05, 3.63) is 71.3 Å². The normalized spacial score (nSPS) is 10.4. The van der Waals surface area contributed by atoms with Crippen molar-refractivity contribution >= 4 is 29.2 Å². The summed E-state index contributed by atoms with van der Waals surface area (Å²) in [6.07, 6.45) is 3.05. The van der Waals surface area contributed by atoms with Gasteiger partial charge >= 0.3 is 5.97 Å². The third-order valence-corrected chi connectivity index (χ3v) is 3.61. The van der Waals surface area contributed by atoms with Gasteiger partial charge in [0.05, 0.1) is 10.6 Å². The number of carboxylic acids is 1. The lowest BCUT2D eigenvalue weighted by atomic mass is 10.1. The Morgan fingerprint density at radius 2 is 1.83 bits per heavy atom. The van der Waals surface area contributed by atoms with Crippen molar-refractivity contribution < 1.29 is 14.7 Å². The zero-order chi connectivity index (χ0) is 17.1. The average molecular weight is 343 g/mol. The summed E-state index contributed by atoms with van der Waals surface area (Å²) < 4.78 is 1.67. The van der Waals surface area contributed by atoms with Crippen LogP contribution in [0.1, 0.15) is 20.7 Å². The molecule has 0 saturated carbocycles. The predicted octanol–water partition coefficient (Wildman–Crippen LogP) is 2.87. The lowest BCUT2D eigenvalue weighted by molar-refractivity contribution is 0.0696. The highest BCUT2D eigenvalue weighted by Crippen LogP contribution is 2.21. The van der Waals surface area contributed by atoms with E-state index in [4.69, 9.17) is 16.7 Å². The van der Waals surface area contributed by atoms with Gasteiger partial charge in [-0.1, -0.05) is 17.7 Å². The molecule has 3 rings (SSSR count). The predicted molar refractivity (Wildman–Crippen MR) is 87.7 cm³/mol. The molecule has 0 aliphatic carbocycles. The number of nitrogens with zero attached hydrogens (tertiary/aromatic N) is 3. The molecule has 0 unspecified atom stereocenters. The second-order valence-electron chi connectivity index (χ2n) is 4.87. The van der Waals surface area contributed by atoms with E-state index in [-0.39, 0.29) is 16.5 Å². The van der Waals surface area contributed by atoms with Crippen LogP contribution in [0, 0.1) is 0 Å². The number of aromatic nitrogens is 3. The molecule has 0 aliphatic rings. The second-order valence-corrected chi connectivity index (χ2v) is 5.28. The van der Waals surface area contributed by atoms with Crippen molar-refractivity contribution in [1.82, 2.24) is 14.8 Å². The first-order valence-corrected chi connectivity index (χ1v) is 7.21. The van der Waals surface area contributed by atoms with E-state index in [1.54, 1.807) is 22.8 Å². The zero-order valence-corrected chi connectivity index (χ0v) is 12.9. The maximum atomic E-state index is 12.4. The number of hydrogen-bond donors (Lipinski definition) is 2. The van der Waals surface area contributed by atoms with E-state index >= 15 is 0 Å². The summed E-state index contributed by atoms with van der Waals surface area (Å²) in [5, 5.41) is 19.3. The molecule has 1 aromatic heterocycles. The quantitative estimate of drug-likeness (QED) is 0.759. The molecule has 24 heavy (non-hydrogen) atoms. The molecule has 1 heterocycles. The Morgan fingerprint density at radius 3 is 2.54 bits per heavy atom. The highest BCUT2D eigenvalue weighted by molar-refractivity contribution is 6.33. The fourth-order valence-corrected chi connectivity index (χ4v) is 2.31. The zero-order valence-electron chi connectivity index (χ0n) is 12.2. The molecule has 0 bridgehead atoms. The molecule has 2 aromatic carbocycles. The SMILES string of the molecule is O=C(Nc1ccc(Cl)c(C(=O)O)c1)c1cccc(-n2cnnc2)c1. The molecule has 0 fully saturated rings. The van der Waals surface area contributed by atoms with E-state index in [0.29, 0.717) is 11.3 Å². The van der Waals surface area contributed by atoms with E-state index in [1.165, 1.54) is 30.9 Å². The molecule has 120 valence electrons. The molecule has 3 aromatic rings. The number of benzene rings is 2. The smallest absolute Gasteiger partial charge is 0.337 e. The summed E-state index contributed by atoms with van der Waals surface area (Å²) in [7, 11) is 0. The minimum absolute atomic E-state index is 0.0762. The van der Waals surface area contributed by atoms with E-state index in [9.17, 15) is 9.59 Å². The first-order chi connectivity index (χ1) is 11.5. The van der Waals surface area contributed by atoms with Gasteiger partial charge in [0.25, 0.3) is 5.91 Å². The van der Waals surface area contributed by atoms with E-state index in [0.717, 1.165) is 5.69 Å². The number of carbonyl (C=O) groups excluding carboxylic acids is 1. The Hall–Kier alpha value is -3.19. The lowest BCUT2D eigenvalue weighted by Crippen LogP contribution is -2.13. The monoisotopic (exact) mass is 342 g/mol. The number of nitrogens with one attached hydrogen (secondary N) is 1. The number of hydrogen-bond acceptors (Lipinski definition) is 4. The van der Waals surface area contributed by atoms with E-state index in [1.807, 2.05) is 6.07 Å². The maximum Gasteiger partial charge on any atom is 0.337 e. The van der Waals surface area contributed by atoms with Crippen molar-refractivity contribution in [3.63, 3.8) is 0 Å². The van der Waals surface area contributed by atoms with Crippen molar-refractivity contribution in [2.24, 2.45) is 0 Å². The number of halogens is 1. The molecule has 0 atom stereocenters. The largest absolute Gasteiger partial charge is 0.478 e. The van der Waals surface area contributed by atoms with Crippen LogP contribution in [0.2, 0.25) is 5.02 Å². The van der Waals surface area contributed by atoms with Gasteiger partial charge in [-0.3, -0.25) is 9.36 Å². The van der Waals surface area contributed by atoms with E-state index in [2.05, 4.69) is 15.5 Å². The van der Waals surface area contributed by atoms with Gasteiger partial charge < -0.3 is 10.4 Å². The minimum Gasteiger partial charge on any atom is -0.478 e. The van der Waals surface area contributed by atoms with Crippen LogP contribution < -0.4 is 5.32 Å². The van der Waals surface area contributed by atoms with Crippen molar-refractivity contribution in [1.29, 1.82) is 0 Å². The van der Waals surface area contributed by atoms with Crippen molar-refractivity contribution in [2.45, 2.75) is 0 Å². The fourth-order valence-electron chi connectivity index (χ4n) is 2.11. The second kappa shape index (κ2) is 6.51. The summed E-state index contributed by atoms with van der Waals surface area (Å²) >= 11 is 5.81. The van der Waals surface area contributed by atoms with Gasteiger partial charge in [0.2, 0.25) is 0 Å². The Kier molecular flexibility index (Phi) is 4.26. The molecule has 0 aliphatic heterocycles. The molecule has 7 nitrogen and oxygen atoms in total. The summed E-state index contributed by atoms with van der Waals surface area (Å²) in [6, 6.07) is 11.1. The molecule has 2 N–H and O–H groups in total. The topological polar surface area (TPSA) is 97.1 Å². The van der Waals surface area contributed by atoms with Gasteiger partial charge in [-0.05, 0) is 36.4 Å². The Morgan fingerprint density at radius 1 is 1.08 bits per heavy atom. The first kappa shape index (κ1) is 15.7. The van der Waals surface area contributed by atoms with Crippen molar-refractivity contribution in [2.75, 3.05) is 5.32 Å². The third kappa shape index (κ3) is 3.26. The first-order valence-electron chi connectivity index (χ1n) is 6.84. The fraction of sp³-hybridized carbons (Fsp3) is 0. The average Bonchev–Trinajstić information content (AvgIpc) is 3.11. The molecular weight excluding hydrogens is 332 g/mol. The van der Waals surface area contributed by atoms with Gasteiger partial charge in [-0.2, -0.15) is 0 Å². The van der Waals surface area contributed by atoms with Crippen LogP contribution in [0.3, 0.4) is 0 Å². The van der Waals surface area contributed by atoms with Crippen LogP contribution in [0.4, 0.5) is 5.69 Å². The maximum absolute atomic E-state index is 12.4.